The van der Waals surface area contributed by atoms with Crippen molar-refractivity contribution in [1.29, 1.82) is 0 Å². The molecule has 2 rings (SSSR count). The number of hydrogen-bond acceptors (Lipinski definition) is 2. The second-order valence-electron chi connectivity index (χ2n) is 5.62. The van der Waals surface area contributed by atoms with Crippen molar-refractivity contribution >= 4 is 0 Å². The predicted octanol–water partition coefficient (Wildman–Crippen LogP) is 2.94. The van der Waals surface area contributed by atoms with E-state index in [1.807, 2.05) is 13.3 Å². The van der Waals surface area contributed by atoms with Crippen LogP contribution in [0.3, 0.4) is 0 Å². The molecule has 2 N–H and O–H groups in total. The Balaban J connectivity index is 2.02. The monoisotopic (exact) mass is 257 g/mol. The summed E-state index contributed by atoms with van der Waals surface area (Å²) in [7, 11) is 0. The van der Waals surface area contributed by atoms with E-state index in [0.717, 1.165) is 18.7 Å². The van der Waals surface area contributed by atoms with Gasteiger partial charge in [-0.2, -0.15) is 0 Å². The highest BCUT2D eigenvalue weighted by molar-refractivity contribution is 5.25. The Morgan fingerprint density at radius 3 is 2.42 bits per heavy atom. The Morgan fingerprint density at radius 2 is 1.84 bits per heavy atom. The van der Waals surface area contributed by atoms with Gasteiger partial charge in [0.15, 0.2) is 0 Å². The maximum Gasteiger partial charge on any atom is 0.0952 e. The topological polar surface area (TPSA) is 43.8 Å². The fourth-order valence-electron chi connectivity index (χ4n) is 2.15. The molecule has 0 saturated heterocycles. The van der Waals surface area contributed by atoms with Crippen LogP contribution in [-0.2, 0) is 13.0 Å². The van der Waals surface area contributed by atoms with Crippen molar-refractivity contribution in [3.63, 3.8) is 0 Å². The minimum atomic E-state index is 0.161. The van der Waals surface area contributed by atoms with Crippen molar-refractivity contribution in [3.05, 3.63) is 53.6 Å². The maximum atomic E-state index is 5.78. The van der Waals surface area contributed by atoms with Gasteiger partial charge in [0.05, 0.1) is 12.0 Å². The molecule has 1 unspecified atom stereocenters. The molecule has 1 heterocycles. The molecule has 0 aliphatic carbocycles. The van der Waals surface area contributed by atoms with E-state index in [-0.39, 0.29) is 6.04 Å². The lowest BCUT2D eigenvalue weighted by Crippen LogP contribution is -2.17. The van der Waals surface area contributed by atoms with E-state index in [1.54, 1.807) is 0 Å². The molecule has 1 atom stereocenters. The minimum absolute atomic E-state index is 0.161. The zero-order chi connectivity index (χ0) is 13.8. The van der Waals surface area contributed by atoms with Gasteiger partial charge in [-0.25, -0.2) is 4.98 Å². The van der Waals surface area contributed by atoms with Crippen molar-refractivity contribution in [2.24, 2.45) is 5.73 Å². The molecule has 3 heteroatoms. The molecule has 0 aliphatic heterocycles. The molecule has 0 aliphatic rings. The van der Waals surface area contributed by atoms with E-state index in [0.29, 0.717) is 5.92 Å². The fourth-order valence-corrected chi connectivity index (χ4v) is 2.15. The molecule has 19 heavy (non-hydrogen) atoms. The first-order chi connectivity index (χ1) is 9.04. The van der Waals surface area contributed by atoms with E-state index < -0.39 is 0 Å². The van der Waals surface area contributed by atoms with Gasteiger partial charge >= 0.3 is 0 Å². The van der Waals surface area contributed by atoms with Crippen LogP contribution in [0, 0.1) is 0 Å². The van der Waals surface area contributed by atoms with Gasteiger partial charge in [0.1, 0.15) is 0 Å². The highest BCUT2D eigenvalue weighted by Crippen LogP contribution is 2.15. The summed E-state index contributed by atoms with van der Waals surface area (Å²) in [5.41, 5.74) is 9.53. The van der Waals surface area contributed by atoms with Gasteiger partial charge in [0.25, 0.3) is 0 Å². The third kappa shape index (κ3) is 3.93. The molecule has 0 spiro atoms. The average Bonchev–Trinajstić information content (AvgIpc) is 2.76. The van der Waals surface area contributed by atoms with E-state index in [1.165, 1.54) is 11.1 Å². The number of benzene rings is 1. The number of imidazole rings is 1. The lowest BCUT2D eigenvalue weighted by atomic mass is 10.0. The smallest absolute Gasteiger partial charge is 0.0952 e. The predicted molar refractivity (Wildman–Crippen MR) is 79.2 cm³/mol. The van der Waals surface area contributed by atoms with Crippen molar-refractivity contribution in [2.45, 2.75) is 45.7 Å². The number of nitrogens with two attached hydrogens (primary N) is 1. The minimum Gasteiger partial charge on any atom is -0.333 e. The van der Waals surface area contributed by atoms with E-state index in [4.69, 9.17) is 5.73 Å². The van der Waals surface area contributed by atoms with Gasteiger partial charge < -0.3 is 10.3 Å². The zero-order valence-electron chi connectivity index (χ0n) is 12.0. The molecule has 1 aromatic carbocycles. The highest BCUT2D eigenvalue weighted by atomic mass is 15.0. The molecule has 0 fully saturated rings. The van der Waals surface area contributed by atoms with Crippen molar-refractivity contribution in [3.8, 4) is 0 Å². The Bertz CT molecular complexity index is 509. The lowest BCUT2D eigenvalue weighted by Gasteiger charge is -2.07. The van der Waals surface area contributed by atoms with E-state index in [2.05, 4.69) is 53.9 Å². The summed E-state index contributed by atoms with van der Waals surface area (Å²) in [4.78, 5) is 4.38. The summed E-state index contributed by atoms with van der Waals surface area (Å²) in [6, 6.07) is 8.97. The molecule has 0 radical (unpaired) electrons. The first kappa shape index (κ1) is 13.8. The van der Waals surface area contributed by atoms with Crippen molar-refractivity contribution in [2.75, 3.05) is 0 Å². The third-order valence-corrected chi connectivity index (χ3v) is 3.23. The summed E-state index contributed by atoms with van der Waals surface area (Å²) in [5, 5.41) is 0. The number of aromatic nitrogens is 2. The summed E-state index contributed by atoms with van der Waals surface area (Å²) in [6.07, 6.45) is 4.80. The van der Waals surface area contributed by atoms with Crippen LogP contribution in [-0.4, -0.2) is 15.6 Å². The fraction of sp³-hybridized carbons (Fsp3) is 0.438. The van der Waals surface area contributed by atoms with Crippen molar-refractivity contribution < 1.29 is 0 Å². The van der Waals surface area contributed by atoms with Gasteiger partial charge in [-0.3, -0.25) is 0 Å². The Morgan fingerprint density at radius 1 is 1.16 bits per heavy atom. The molecule has 2 aromatic rings. The van der Waals surface area contributed by atoms with Crippen LogP contribution in [0.5, 0.6) is 0 Å². The zero-order valence-corrected chi connectivity index (χ0v) is 12.0. The summed E-state index contributed by atoms with van der Waals surface area (Å²) in [6.45, 7) is 7.30. The molecular formula is C16H23N3. The van der Waals surface area contributed by atoms with Crippen molar-refractivity contribution in [1.82, 2.24) is 9.55 Å². The van der Waals surface area contributed by atoms with E-state index >= 15 is 0 Å². The Hall–Kier alpha value is -1.61. The van der Waals surface area contributed by atoms with Crippen LogP contribution in [0.1, 0.15) is 43.5 Å². The lowest BCUT2D eigenvalue weighted by molar-refractivity contribution is 0.723. The SMILES string of the molecule is CC(N)Cc1cn(Cc2ccc(C(C)C)cc2)cn1. The maximum absolute atomic E-state index is 5.78. The number of hydrogen-bond donors (Lipinski definition) is 1. The Labute approximate surface area is 115 Å². The van der Waals surface area contributed by atoms with Gasteiger partial charge in [0.2, 0.25) is 0 Å². The third-order valence-electron chi connectivity index (χ3n) is 3.23. The van der Waals surface area contributed by atoms with Gasteiger partial charge in [-0.15, -0.1) is 0 Å². The molecule has 1 aromatic heterocycles. The second-order valence-corrected chi connectivity index (χ2v) is 5.62. The number of nitrogens with zero attached hydrogens (tertiary/aromatic N) is 2. The van der Waals surface area contributed by atoms with Crippen LogP contribution in [0.15, 0.2) is 36.8 Å². The van der Waals surface area contributed by atoms with Crippen LogP contribution >= 0.6 is 0 Å². The first-order valence-corrected chi connectivity index (χ1v) is 6.89. The van der Waals surface area contributed by atoms with Crippen LogP contribution < -0.4 is 5.73 Å². The Kier molecular flexibility index (Phi) is 4.38. The molecule has 0 saturated carbocycles. The quantitative estimate of drug-likeness (QED) is 0.895. The van der Waals surface area contributed by atoms with Crippen LogP contribution in [0.2, 0.25) is 0 Å². The standard InChI is InChI=1S/C16H23N3/c1-12(2)15-6-4-14(5-7-15)9-19-10-16(18-11-19)8-13(3)17/h4-7,10-13H,8-9,17H2,1-3H3. The van der Waals surface area contributed by atoms with Crippen LogP contribution in [0.4, 0.5) is 0 Å². The summed E-state index contributed by atoms with van der Waals surface area (Å²) in [5.74, 6) is 0.583. The molecule has 0 bridgehead atoms. The molecular weight excluding hydrogens is 234 g/mol. The second kappa shape index (κ2) is 6.02. The van der Waals surface area contributed by atoms with Gasteiger partial charge in [-0.1, -0.05) is 38.1 Å². The van der Waals surface area contributed by atoms with Gasteiger partial charge in [-0.05, 0) is 24.0 Å². The normalized spacial score (nSPS) is 12.9. The molecule has 0 amide bonds. The first-order valence-electron chi connectivity index (χ1n) is 6.89. The van der Waals surface area contributed by atoms with Gasteiger partial charge in [0, 0.05) is 25.2 Å². The summed E-state index contributed by atoms with van der Waals surface area (Å²) < 4.78 is 2.11. The van der Waals surface area contributed by atoms with Crippen LogP contribution in [0.25, 0.3) is 0 Å². The molecule has 102 valence electrons. The molecule has 3 nitrogen and oxygen atoms in total. The summed E-state index contributed by atoms with van der Waals surface area (Å²) >= 11 is 0. The highest BCUT2D eigenvalue weighted by Gasteiger charge is 2.03. The average molecular weight is 257 g/mol. The largest absolute Gasteiger partial charge is 0.333 e. The number of rotatable bonds is 5. The van der Waals surface area contributed by atoms with E-state index in [9.17, 15) is 0 Å².